The largest absolute Gasteiger partial charge is 0.294 e. The molecule has 0 spiro atoms. The Morgan fingerprint density at radius 2 is 2.19 bits per heavy atom. The van der Waals surface area contributed by atoms with Crippen LogP contribution in [0.4, 0.5) is 0 Å². The van der Waals surface area contributed by atoms with E-state index in [2.05, 4.69) is 4.98 Å². The second-order valence-electron chi connectivity index (χ2n) is 3.16. The van der Waals surface area contributed by atoms with Crippen molar-refractivity contribution in [2.45, 2.75) is 6.42 Å². The summed E-state index contributed by atoms with van der Waals surface area (Å²) in [4.78, 5) is 16.0. The fourth-order valence-corrected chi connectivity index (χ4v) is 2.79. The lowest BCUT2D eigenvalue weighted by atomic mass is 10.1. The highest BCUT2D eigenvalue weighted by molar-refractivity contribution is 7.20. The molecule has 0 amide bonds. The monoisotopic (exact) mass is 271 g/mol. The number of pyridine rings is 1. The minimum Gasteiger partial charge on any atom is -0.294 e. The number of hydrogen-bond donors (Lipinski definition) is 0. The zero-order chi connectivity index (χ0) is 11.5. The molecular formula is C11H7Cl2NOS. The van der Waals surface area contributed by atoms with Crippen molar-refractivity contribution in [1.29, 1.82) is 0 Å². The van der Waals surface area contributed by atoms with Gasteiger partial charge in [0.05, 0.1) is 10.8 Å². The molecule has 0 N–H and O–H groups in total. The molecule has 2 aromatic rings. The van der Waals surface area contributed by atoms with Gasteiger partial charge in [-0.05, 0) is 18.2 Å². The minimum absolute atomic E-state index is 0.0631. The molecule has 0 unspecified atom stereocenters. The van der Waals surface area contributed by atoms with Crippen LogP contribution in [0.15, 0.2) is 30.5 Å². The predicted molar refractivity (Wildman–Crippen MR) is 66.6 cm³/mol. The number of halogens is 2. The first kappa shape index (κ1) is 11.6. The van der Waals surface area contributed by atoms with E-state index in [1.54, 1.807) is 18.3 Å². The number of nitrogens with zero attached hydrogens (tertiary/aromatic N) is 1. The van der Waals surface area contributed by atoms with Crippen LogP contribution in [0.2, 0.25) is 8.67 Å². The first-order chi connectivity index (χ1) is 7.66. The molecule has 0 saturated carbocycles. The number of carbonyl (C=O) groups excluding carboxylic acids is 1. The Morgan fingerprint density at radius 1 is 1.38 bits per heavy atom. The van der Waals surface area contributed by atoms with Crippen molar-refractivity contribution in [2.75, 3.05) is 0 Å². The maximum absolute atomic E-state index is 11.9. The molecule has 2 rings (SSSR count). The van der Waals surface area contributed by atoms with Crippen LogP contribution in [0.3, 0.4) is 0 Å². The fraction of sp³-hybridized carbons (Fsp3) is 0.0909. The third-order valence-electron chi connectivity index (χ3n) is 2.02. The van der Waals surface area contributed by atoms with Gasteiger partial charge in [0.1, 0.15) is 4.34 Å². The minimum atomic E-state index is -0.0631. The lowest BCUT2D eigenvalue weighted by molar-refractivity contribution is 0.0992. The van der Waals surface area contributed by atoms with Crippen molar-refractivity contribution in [3.8, 4) is 0 Å². The van der Waals surface area contributed by atoms with E-state index >= 15 is 0 Å². The van der Waals surface area contributed by atoms with Gasteiger partial charge in [-0.15, -0.1) is 11.3 Å². The van der Waals surface area contributed by atoms with Crippen LogP contribution in [-0.2, 0) is 6.42 Å². The Hall–Kier alpha value is -0.900. The van der Waals surface area contributed by atoms with Crippen molar-refractivity contribution >= 4 is 40.3 Å². The van der Waals surface area contributed by atoms with Gasteiger partial charge in [-0.1, -0.05) is 29.3 Å². The zero-order valence-electron chi connectivity index (χ0n) is 8.11. The molecule has 0 radical (unpaired) electrons. The second-order valence-corrected chi connectivity index (χ2v) is 5.44. The highest BCUT2D eigenvalue weighted by Crippen LogP contribution is 2.31. The van der Waals surface area contributed by atoms with E-state index in [9.17, 15) is 4.79 Å². The molecule has 82 valence electrons. The number of hydrogen-bond acceptors (Lipinski definition) is 3. The molecule has 2 aromatic heterocycles. The summed E-state index contributed by atoms with van der Waals surface area (Å²) in [5.74, 6) is -0.0631. The molecule has 0 aliphatic rings. The fourth-order valence-electron chi connectivity index (χ4n) is 1.29. The van der Waals surface area contributed by atoms with Crippen molar-refractivity contribution in [2.24, 2.45) is 0 Å². The van der Waals surface area contributed by atoms with Crippen LogP contribution in [0, 0.1) is 0 Å². The van der Waals surface area contributed by atoms with Gasteiger partial charge < -0.3 is 0 Å². The van der Waals surface area contributed by atoms with Gasteiger partial charge in [0.2, 0.25) is 0 Å². The Labute approximate surface area is 107 Å². The van der Waals surface area contributed by atoms with Crippen molar-refractivity contribution in [3.05, 3.63) is 50.4 Å². The van der Waals surface area contributed by atoms with Crippen molar-refractivity contribution in [3.63, 3.8) is 0 Å². The summed E-state index contributed by atoms with van der Waals surface area (Å²) in [5.41, 5.74) is 1.20. The average molecular weight is 272 g/mol. The van der Waals surface area contributed by atoms with E-state index in [1.807, 2.05) is 12.1 Å². The first-order valence-electron chi connectivity index (χ1n) is 4.55. The Kier molecular flexibility index (Phi) is 3.59. The maximum atomic E-state index is 11.9. The molecule has 2 heterocycles. The van der Waals surface area contributed by atoms with Crippen LogP contribution >= 0.6 is 34.5 Å². The summed E-state index contributed by atoms with van der Waals surface area (Å²) in [7, 11) is 0. The molecule has 0 aromatic carbocycles. The van der Waals surface area contributed by atoms with Crippen LogP contribution in [0.25, 0.3) is 0 Å². The Bertz CT molecular complexity index is 510. The molecular weight excluding hydrogens is 265 g/mol. The van der Waals surface area contributed by atoms with E-state index in [-0.39, 0.29) is 12.2 Å². The first-order valence-corrected chi connectivity index (χ1v) is 6.12. The van der Waals surface area contributed by atoms with Gasteiger partial charge in [-0.25, -0.2) is 0 Å². The van der Waals surface area contributed by atoms with Gasteiger partial charge in [-0.3, -0.25) is 9.78 Å². The number of carbonyl (C=O) groups is 1. The van der Waals surface area contributed by atoms with Crippen LogP contribution in [-0.4, -0.2) is 10.8 Å². The van der Waals surface area contributed by atoms with Crippen molar-refractivity contribution < 1.29 is 4.79 Å². The van der Waals surface area contributed by atoms with Crippen molar-refractivity contribution in [1.82, 2.24) is 4.98 Å². The topological polar surface area (TPSA) is 30.0 Å². The van der Waals surface area contributed by atoms with Gasteiger partial charge in [0.15, 0.2) is 5.78 Å². The van der Waals surface area contributed by atoms with Gasteiger partial charge in [0, 0.05) is 17.5 Å². The molecule has 0 aliphatic heterocycles. The molecule has 16 heavy (non-hydrogen) atoms. The summed E-state index contributed by atoms with van der Waals surface area (Å²) >= 11 is 12.9. The van der Waals surface area contributed by atoms with Crippen LogP contribution < -0.4 is 0 Å². The Balaban J connectivity index is 2.18. The van der Waals surface area contributed by atoms with E-state index < -0.39 is 0 Å². The SMILES string of the molecule is O=C(Cc1ccccn1)c1cc(Cl)sc1Cl. The molecule has 0 bridgehead atoms. The van der Waals surface area contributed by atoms with Gasteiger partial charge in [0.25, 0.3) is 0 Å². The smallest absolute Gasteiger partial charge is 0.171 e. The Morgan fingerprint density at radius 3 is 2.75 bits per heavy atom. The van der Waals surface area contributed by atoms with Crippen LogP contribution in [0.5, 0.6) is 0 Å². The normalized spacial score (nSPS) is 10.4. The summed E-state index contributed by atoms with van der Waals surface area (Å²) in [6.07, 6.45) is 1.90. The molecule has 5 heteroatoms. The van der Waals surface area contributed by atoms with E-state index in [1.165, 1.54) is 11.3 Å². The molecule has 0 aliphatic carbocycles. The van der Waals surface area contributed by atoms with Crippen LogP contribution in [0.1, 0.15) is 16.1 Å². The summed E-state index contributed by atoms with van der Waals surface area (Å²) < 4.78 is 0.959. The quantitative estimate of drug-likeness (QED) is 0.794. The summed E-state index contributed by atoms with van der Waals surface area (Å²) in [6, 6.07) is 7.06. The highest BCUT2D eigenvalue weighted by atomic mass is 35.5. The van der Waals surface area contributed by atoms with E-state index in [4.69, 9.17) is 23.2 Å². The number of rotatable bonds is 3. The highest BCUT2D eigenvalue weighted by Gasteiger charge is 2.14. The van der Waals surface area contributed by atoms with Gasteiger partial charge in [-0.2, -0.15) is 0 Å². The second kappa shape index (κ2) is 4.95. The third-order valence-corrected chi connectivity index (χ3v) is 3.51. The zero-order valence-corrected chi connectivity index (χ0v) is 10.4. The summed E-state index contributed by atoms with van der Waals surface area (Å²) in [5, 5.41) is 0. The van der Waals surface area contributed by atoms with Gasteiger partial charge >= 0.3 is 0 Å². The number of aromatic nitrogens is 1. The van der Waals surface area contributed by atoms with E-state index in [0.717, 1.165) is 5.69 Å². The molecule has 0 atom stereocenters. The summed E-state index contributed by atoms with van der Waals surface area (Å²) in [6.45, 7) is 0. The lowest BCUT2D eigenvalue weighted by Crippen LogP contribution is -2.03. The number of Topliss-reactive ketones (excluding diaryl/α,β-unsaturated/α-hetero) is 1. The molecule has 2 nitrogen and oxygen atoms in total. The third kappa shape index (κ3) is 2.61. The molecule has 0 saturated heterocycles. The standard InChI is InChI=1S/C11H7Cl2NOS/c12-10-6-8(11(13)16-10)9(15)5-7-3-1-2-4-14-7/h1-4,6H,5H2. The average Bonchev–Trinajstić information content (AvgIpc) is 2.59. The number of ketones is 1. The lowest BCUT2D eigenvalue weighted by Gasteiger charge is -1.98. The number of thiophene rings is 1. The molecule has 0 fully saturated rings. The maximum Gasteiger partial charge on any atom is 0.171 e. The van der Waals surface area contributed by atoms with E-state index in [0.29, 0.717) is 14.2 Å². The predicted octanol–water partition coefficient (Wildman–Crippen LogP) is 3.88.